The minimum Gasteiger partial charge on any atom is -0.494 e. The number of hydrogen-bond donors (Lipinski definition) is 1. The second kappa shape index (κ2) is 14.8. The van der Waals surface area contributed by atoms with E-state index in [1.807, 2.05) is 68.4 Å². The summed E-state index contributed by atoms with van der Waals surface area (Å²) in [6.45, 7) is 4.73. The van der Waals surface area contributed by atoms with Crippen LogP contribution >= 0.6 is 27.5 Å². The maximum absolute atomic E-state index is 13.6. The molecule has 0 saturated heterocycles. The van der Waals surface area contributed by atoms with Crippen LogP contribution in [0.15, 0.2) is 83.3 Å². The molecular weight excluding hydrogens is 552 g/mol. The molecule has 2 amide bonds. The summed E-state index contributed by atoms with van der Waals surface area (Å²) in [5.41, 5.74) is 1.96. The van der Waals surface area contributed by atoms with Gasteiger partial charge < -0.3 is 15.0 Å². The van der Waals surface area contributed by atoms with Crippen LogP contribution in [0.3, 0.4) is 0 Å². The third kappa shape index (κ3) is 9.52. The summed E-state index contributed by atoms with van der Waals surface area (Å²) in [6, 6.07) is 24.2. The quantitative estimate of drug-likeness (QED) is 0.224. The average molecular weight is 586 g/mol. The van der Waals surface area contributed by atoms with Crippen LogP contribution in [-0.2, 0) is 22.6 Å². The number of benzene rings is 3. The van der Waals surface area contributed by atoms with E-state index in [0.29, 0.717) is 36.8 Å². The van der Waals surface area contributed by atoms with Crippen molar-refractivity contribution in [2.45, 2.75) is 58.2 Å². The van der Waals surface area contributed by atoms with Crippen molar-refractivity contribution in [3.05, 3.63) is 99.5 Å². The predicted molar refractivity (Wildman–Crippen MR) is 153 cm³/mol. The van der Waals surface area contributed by atoms with Crippen molar-refractivity contribution in [1.29, 1.82) is 0 Å². The molecule has 0 bridgehead atoms. The van der Waals surface area contributed by atoms with Crippen LogP contribution in [0, 0.1) is 0 Å². The highest BCUT2D eigenvalue weighted by Crippen LogP contribution is 2.20. The number of hydrogen-bond acceptors (Lipinski definition) is 3. The van der Waals surface area contributed by atoms with Crippen LogP contribution in [0.5, 0.6) is 5.75 Å². The summed E-state index contributed by atoms with van der Waals surface area (Å²) in [6.07, 6.45) is 2.04. The zero-order valence-electron chi connectivity index (χ0n) is 21.3. The number of carbonyl (C=O) groups is 2. The van der Waals surface area contributed by atoms with Crippen LogP contribution < -0.4 is 10.1 Å². The molecule has 37 heavy (non-hydrogen) atoms. The van der Waals surface area contributed by atoms with Crippen LogP contribution in [0.25, 0.3) is 0 Å². The molecule has 196 valence electrons. The Morgan fingerprint density at radius 1 is 1.00 bits per heavy atom. The number of nitrogens with zero attached hydrogens (tertiary/aromatic N) is 1. The lowest BCUT2D eigenvalue weighted by Gasteiger charge is -2.32. The fourth-order valence-corrected chi connectivity index (χ4v) is 4.49. The molecule has 0 fully saturated rings. The molecular formula is C30H34BrClN2O3. The molecule has 3 aromatic carbocycles. The van der Waals surface area contributed by atoms with Crippen molar-refractivity contribution in [2.75, 3.05) is 6.61 Å². The monoisotopic (exact) mass is 584 g/mol. The fraction of sp³-hybridized carbons (Fsp3) is 0.333. The Hall–Kier alpha value is -2.83. The number of amides is 2. The number of halogens is 2. The first-order chi connectivity index (χ1) is 17.9. The Bertz CT molecular complexity index is 1140. The van der Waals surface area contributed by atoms with E-state index < -0.39 is 6.04 Å². The van der Waals surface area contributed by atoms with Gasteiger partial charge in [0.25, 0.3) is 0 Å². The van der Waals surface area contributed by atoms with E-state index in [9.17, 15) is 9.59 Å². The van der Waals surface area contributed by atoms with Gasteiger partial charge in [0, 0.05) is 34.9 Å². The van der Waals surface area contributed by atoms with E-state index in [2.05, 4.69) is 21.2 Å². The number of nitrogens with one attached hydrogen (secondary N) is 1. The molecule has 0 aromatic heterocycles. The van der Waals surface area contributed by atoms with Gasteiger partial charge in [-0.1, -0.05) is 76.9 Å². The fourth-order valence-electron chi connectivity index (χ4n) is 3.91. The summed E-state index contributed by atoms with van der Waals surface area (Å²) in [7, 11) is 0. The second-order valence-electron chi connectivity index (χ2n) is 9.08. The first kappa shape index (κ1) is 28.7. The zero-order valence-corrected chi connectivity index (χ0v) is 23.7. The second-order valence-corrected chi connectivity index (χ2v) is 10.4. The Kier molecular flexibility index (Phi) is 11.5. The Balaban J connectivity index is 1.79. The molecule has 1 N–H and O–H groups in total. The van der Waals surface area contributed by atoms with Crippen molar-refractivity contribution in [3.8, 4) is 5.75 Å². The molecule has 0 heterocycles. The van der Waals surface area contributed by atoms with Gasteiger partial charge in [-0.05, 0) is 67.3 Å². The molecule has 3 rings (SSSR count). The number of rotatable bonds is 13. The molecule has 7 heteroatoms. The van der Waals surface area contributed by atoms with Gasteiger partial charge in [0.15, 0.2) is 0 Å². The molecule has 0 aliphatic carbocycles. The highest BCUT2D eigenvalue weighted by molar-refractivity contribution is 9.10. The van der Waals surface area contributed by atoms with Gasteiger partial charge in [-0.3, -0.25) is 9.59 Å². The van der Waals surface area contributed by atoms with E-state index in [-0.39, 0.29) is 24.3 Å². The van der Waals surface area contributed by atoms with E-state index in [0.717, 1.165) is 22.0 Å². The standard InChI is InChI=1S/C30H34BrClN2O3/c1-3-22(2)33-30(36)28(20-23-9-5-4-6-10-23)34(21-24-11-7-12-25(31)19-24)29(35)13-8-18-37-27-16-14-26(32)15-17-27/h4-7,9-12,14-17,19,22,28H,3,8,13,18,20-21H2,1-2H3,(H,33,36)/t22-,28+/m1/s1. The first-order valence-corrected chi connectivity index (χ1v) is 13.8. The van der Waals surface area contributed by atoms with Gasteiger partial charge >= 0.3 is 0 Å². The molecule has 5 nitrogen and oxygen atoms in total. The van der Waals surface area contributed by atoms with Crippen LogP contribution in [0.4, 0.5) is 0 Å². The summed E-state index contributed by atoms with van der Waals surface area (Å²) < 4.78 is 6.71. The summed E-state index contributed by atoms with van der Waals surface area (Å²) in [4.78, 5) is 28.9. The SMILES string of the molecule is CC[C@@H](C)NC(=O)[C@H](Cc1ccccc1)N(Cc1cccc(Br)c1)C(=O)CCCOc1ccc(Cl)cc1. The van der Waals surface area contributed by atoms with Crippen molar-refractivity contribution in [1.82, 2.24) is 10.2 Å². The zero-order chi connectivity index (χ0) is 26.6. The molecule has 0 aliphatic rings. The number of ether oxygens (including phenoxy) is 1. The lowest BCUT2D eigenvalue weighted by Crippen LogP contribution is -2.52. The van der Waals surface area contributed by atoms with E-state index in [1.165, 1.54) is 0 Å². The van der Waals surface area contributed by atoms with E-state index >= 15 is 0 Å². The van der Waals surface area contributed by atoms with Crippen molar-refractivity contribution in [3.63, 3.8) is 0 Å². The smallest absolute Gasteiger partial charge is 0.243 e. The van der Waals surface area contributed by atoms with Crippen LogP contribution in [0.1, 0.15) is 44.2 Å². The lowest BCUT2D eigenvalue weighted by atomic mass is 10.0. The van der Waals surface area contributed by atoms with Gasteiger partial charge in [-0.25, -0.2) is 0 Å². The largest absolute Gasteiger partial charge is 0.494 e. The predicted octanol–water partition coefficient (Wildman–Crippen LogP) is 6.82. The third-order valence-corrected chi connectivity index (χ3v) is 6.88. The van der Waals surface area contributed by atoms with Gasteiger partial charge in [0.1, 0.15) is 11.8 Å². The van der Waals surface area contributed by atoms with Gasteiger partial charge in [-0.2, -0.15) is 0 Å². The highest BCUT2D eigenvalue weighted by atomic mass is 79.9. The van der Waals surface area contributed by atoms with Gasteiger partial charge in [-0.15, -0.1) is 0 Å². The topological polar surface area (TPSA) is 58.6 Å². The summed E-state index contributed by atoms with van der Waals surface area (Å²) in [5, 5.41) is 3.74. The molecule has 2 atom stereocenters. The molecule has 0 saturated carbocycles. The Labute approximate surface area is 233 Å². The van der Waals surface area contributed by atoms with Gasteiger partial charge in [0.2, 0.25) is 11.8 Å². The summed E-state index contributed by atoms with van der Waals surface area (Å²) in [5.74, 6) is 0.483. The molecule has 0 radical (unpaired) electrons. The normalized spacial score (nSPS) is 12.4. The molecule has 0 aliphatic heterocycles. The first-order valence-electron chi connectivity index (χ1n) is 12.6. The maximum atomic E-state index is 13.6. The minimum absolute atomic E-state index is 0.0152. The Morgan fingerprint density at radius 2 is 1.70 bits per heavy atom. The van der Waals surface area contributed by atoms with Crippen molar-refractivity contribution < 1.29 is 14.3 Å². The average Bonchev–Trinajstić information content (AvgIpc) is 2.90. The van der Waals surface area contributed by atoms with Crippen LogP contribution in [-0.4, -0.2) is 35.4 Å². The highest BCUT2D eigenvalue weighted by Gasteiger charge is 2.30. The Morgan fingerprint density at radius 3 is 2.38 bits per heavy atom. The van der Waals surface area contributed by atoms with Crippen LogP contribution in [0.2, 0.25) is 5.02 Å². The number of carbonyl (C=O) groups excluding carboxylic acids is 2. The minimum atomic E-state index is -0.639. The molecule has 0 unspecified atom stereocenters. The van der Waals surface area contributed by atoms with E-state index in [1.54, 1.807) is 29.2 Å². The third-order valence-electron chi connectivity index (χ3n) is 6.13. The lowest BCUT2D eigenvalue weighted by molar-refractivity contribution is -0.141. The maximum Gasteiger partial charge on any atom is 0.243 e. The van der Waals surface area contributed by atoms with Crippen molar-refractivity contribution in [2.24, 2.45) is 0 Å². The molecule has 0 spiro atoms. The summed E-state index contributed by atoms with van der Waals surface area (Å²) >= 11 is 9.46. The molecule has 3 aromatic rings. The van der Waals surface area contributed by atoms with Crippen molar-refractivity contribution >= 4 is 39.3 Å². The van der Waals surface area contributed by atoms with E-state index in [4.69, 9.17) is 16.3 Å². The van der Waals surface area contributed by atoms with Gasteiger partial charge in [0.05, 0.1) is 6.61 Å².